The molecular formula is C12H13NO2. The lowest BCUT2D eigenvalue weighted by Crippen LogP contribution is -1.95. The van der Waals surface area contributed by atoms with Crippen molar-refractivity contribution >= 4 is 11.7 Å². The number of anilines is 1. The summed E-state index contributed by atoms with van der Waals surface area (Å²) in [5.41, 5.74) is 8.30. The van der Waals surface area contributed by atoms with Crippen LogP contribution in [0.1, 0.15) is 18.1 Å². The summed E-state index contributed by atoms with van der Waals surface area (Å²) in [7, 11) is 1.30. The Bertz CT molecular complexity index is 427. The number of rotatable bonds is 1. The zero-order valence-electron chi connectivity index (χ0n) is 8.83. The fourth-order valence-corrected chi connectivity index (χ4v) is 1.16. The molecule has 15 heavy (non-hydrogen) atoms. The number of carbonyl (C=O) groups is 1. The van der Waals surface area contributed by atoms with E-state index in [0.29, 0.717) is 0 Å². The van der Waals surface area contributed by atoms with Crippen LogP contribution in [0.15, 0.2) is 18.2 Å². The highest BCUT2D eigenvalue weighted by atomic mass is 16.5. The lowest BCUT2D eigenvalue weighted by Gasteiger charge is -2.02. The van der Waals surface area contributed by atoms with Gasteiger partial charge in [-0.15, -0.1) is 0 Å². The van der Waals surface area contributed by atoms with Gasteiger partial charge in [-0.25, -0.2) is 4.79 Å². The molecule has 0 aliphatic heterocycles. The van der Waals surface area contributed by atoms with Crippen molar-refractivity contribution in [3.63, 3.8) is 0 Å². The Morgan fingerprint density at radius 3 is 2.87 bits per heavy atom. The molecule has 3 nitrogen and oxygen atoms in total. The summed E-state index contributed by atoms with van der Waals surface area (Å²) in [5, 5.41) is 0. The van der Waals surface area contributed by atoms with Crippen LogP contribution in [0, 0.1) is 11.8 Å². The molecule has 0 amide bonds. The Hall–Kier alpha value is -1.95. The van der Waals surface area contributed by atoms with Crippen molar-refractivity contribution in [1.29, 1.82) is 0 Å². The minimum absolute atomic E-state index is 0.537. The smallest absolute Gasteiger partial charge is 0.384 e. The molecule has 0 saturated heterocycles. The van der Waals surface area contributed by atoms with Crippen LogP contribution >= 0.6 is 0 Å². The maximum Gasteiger partial charge on any atom is 0.384 e. The average molecular weight is 203 g/mol. The Labute approximate surface area is 89.2 Å². The third-order valence-corrected chi connectivity index (χ3v) is 2.02. The van der Waals surface area contributed by atoms with Gasteiger partial charge in [0, 0.05) is 17.2 Å². The van der Waals surface area contributed by atoms with Gasteiger partial charge in [-0.05, 0) is 30.2 Å². The second-order valence-corrected chi connectivity index (χ2v) is 3.01. The number of methoxy groups -OCH3 is 1. The fraction of sp³-hybridized carbons (Fsp3) is 0.250. The third kappa shape index (κ3) is 3.03. The van der Waals surface area contributed by atoms with E-state index in [9.17, 15) is 4.79 Å². The number of nitrogens with two attached hydrogens (primary N) is 1. The molecule has 1 rings (SSSR count). The molecule has 1 aromatic carbocycles. The van der Waals surface area contributed by atoms with E-state index < -0.39 is 5.97 Å². The lowest BCUT2D eigenvalue weighted by molar-refractivity contribution is -0.133. The van der Waals surface area contributed by atoms with Crippen molar-refractivity contribution in [2.45, 2.75) is 13.3 Å². The highest BCUT2D eigenvalue weighted by Gasteiger charge is 1.97. The van der Waals surface area contributed by atoms with Crippen LogP contribution in [0.2, 0.25) is 0 Å². The number of nitrogen functional groups attached to an aromatic ring is 1. The molecule has 0 fully saturated rings. The maximum absolute atomic E-state index is 10.8. The van der Waals surface area contributed by atoms with Gasteiger partial charge in [0.15, 0.2) is 0 Å². The largest absolute Gasteiger partial charge is 0.459 e. The van der Waals surface area contributed by atoms with Gasteiger partial charge in [-0.2, -0.15) is 0 Å². The predicted molar refractivity (Wildman–Crippen MR) is 59.1 cm³/mol. The van der Waals surface area contributed by atoms with Crippen LogP contribution in [0.5, 0.6) is 0 Å². The number of hydrogen-bond donors (Lipinski definition) is 1. The molecule has 3 heteroatoms. The molecular weight excluding hydrogens is 190 g/mol. The van der Waals surface area contributed by atoms with E-state index in [1.807, 2.05) is 13.0 Å². The van der Waals surface area contributed by atoms with Crippen LogP contribution in [0.25, 0.3) is 0 Å². The predicted octanol–water partition coefficient (Wildman–Crippen LogP) is 1.36. The Balaban J connectivity index is 2.95. The first-order chi connectivity index (χ1) is 7.17. The number of carbonyl (C=O) groups excluding carboxylic acids is 1. The first kappa shape index (κ1) is 11.1. The maximum atomic E-state index is 10.8. The van der Waals surface area contributed by atoms with E-state index in [1.54, 1.807) is 12.1 Å². The van der Waals surface area contributed by atoms with Gasteiger partial charge in [0.05, 0.1) is 7.11 Å². The van der Waals surface area contributed by atoms with E-state index in [1.165, 1.54) is 7.11 Å². The van der Waals surface area contributed by atoms with Crippen molar-refractivity contribution < 1.29 is 9.53 Å². The van der Waals surface area contributed by atoms with Gasteiger partial charge < -0.3 is 10.5 Å². The molecule has 0 spiro atoms. The van der Waals surface area contributed by atoms with Gasteiger partial charge in [0.2, 0.25) is 0 Å². The molecule has 0 radical (unpaired) electrons. The second-order valence-electron chi connectivity index (χ2n) is 3.01. The van der Waals surface area contributed by atoms with E-state index in [0.717, 1.165) is 23.2 Å². The Morgan fingerprint density at radius 1 is 1.53 bits per heavy atom. The fourth-order valence-electron chi connectivity index (χ4n) is 1.16. The lowest BCUT2D eigenvalue weighted by atomic mass is 10.1. The zero-order chi connectivity index (χ0) is 11.3. The van der Waals surface area contributed by atoms with Crippen LogP contribution in [-0.2, 0) is 16.0 Å². The normalized spacial score (nSPS) is 8.93. The number of ether oxygens (including phenoxy) is 1. The molecule has 0 aliphatic carbocycles. The number of esters is 1. The molecule has 2 N–H and O–H groups in total. The monoisotopic (exact) mass is 203 g/mol. The van der Waals surface area contributed by atoms with Gasteiger partial charge in [-0.1, -0.05) is 12.8 Å². The van der Waals surface area contributed by atoms with E-state index in [2.05, 4.69) is 16.6 Å². The average Bonchev–Trinajstić information content (AvgIpc) is 2.27. The first-order valence-electron chi connectivity index (χ1n) is 4.65. The standard InChI is InChI=1S/C12H13NO2/c1-3-10-8-9(4-6-11(10)13)5-7-12(14)15-2/h4,6,8H,3,13H2,1-2H3. The molecule has 1 aromatic rings. The molecule has 0 aliphatic rings. The molecule has 0 saturated carbocycles. The van der Waals surface area contributed by atoms with Crippen molar-refractivity contribution in [3.05, 3.63) is 29.3 Å². The van der Waals surface area contributed by atoms with Crippen molar-refractivity contribution in [3.8, 4) is 11.8 Å². The second kappa shape index (κ2) is 5.06. The third-order valence-electron chi connectivity index (χ3n) is 2.02. The highest BCUT2D eigenvalue weighted by molar-refractivity contribution is 5.89. The Morgan fingerprint density at radius 2 is 2.27 bits per heavy atom. The number of aryl methyl sites for hydroxylation is 1. The molecule has 78 valence electrons. The summed E-state index contributed by atoms with van der Waals surface area (Å²) in [6, 6.07) is 5.45. The van der Waals surface area contributed by atoms with Crippen LogP contribution < -0.4 is 5.73 Å². The van der Waals surface area contributed by atoms with E-state index >= 15 is 0 Å². The molecule has 0 unspecified atom stereocenters. The SMILES string of the molecule is CCc1cc(C#CC(=O)OC)ccc1N. The summed E-state index contributed by atoms with van der Waals surface area (Å²) in [4.78, 5) is 10.8. The van der Waals surface area contributed by atoms with E-state index in [-0.39, 0.29) is 0 Å². The zero-order valence-corrected chi connectivity index (χ0v) is 8.83. The van der Waals surface area contributed by atoms with Crippen molar-refractivity contribution in [2.24, 2.45) is 0 Å². The summed E-state index contributed by atoms with van der Waals surface area (Å²) in [6.07, 6.45) is 0.847. The molecule has 0 bridgehead atoms. The van der Waals surface area contributed by atoms with Crippen molar-refractivity contribution in [2.75, 3.05) is 12.8 Å². The Kier molecular flexibility index (Phi) is 3.75. The number of benzene rings is 1. The first-order valence-corrected chi connectivity index (χ1v) is 4.65. The summed E-state index contributed by atoms with van der Waals surface area (Å²) in [5.74, 6) is 4.55. The highest BCUT2D eigenvalue weighted by Crippen LogP contribution is 2.13. The van der Waals surface area contributed by atoms with Crippen LogP contribution in [-0.4, -0.2) is 13.1 Å². The van der Waals surface area contributed by atoms with Gasteiger partial charge in [0.1, 0.15) is 0 Å². The van der Waals surface area contributed by atoms with Crippen LogP contribution in [0.4, 0.5) is 5.69 Å². The van der Waals surface area contributed by atoms with Gasteiger partial charge in [-0.3, -0.25) is 0 Å². The van der Waals surface area contributed by atoms with Crippen LogP contribution in [0.3, 0.4) is 0 Å². The summed E-state index contributed by atoms with van der Waals surface area (Å²) < 4.78 is 4.41. The quantitative estimate of drug-likeness (QED) is 0.426. The number of hydrogen-bond acceptors (Lipinski definition) is 3. The van der Waals surface area contributed by atoms with Gasteiger partial charge in [0.25, 0.3) is 0 Å². The summed E-state index contributed by atoms with van der Waals surface area (Å²) >= 11 is 0. The summed E-state index contributed by atoms with van der Waals surface area (Å²) in [6.45, 7) is 2.02. The molecule has 0 heterocycles. The van der Waals surface area contributed by atoms with E-state index in [4.69, 9.17) is 5.73 Å². The molecule has 0 aromatic heterocycles. The minimum Gasteiger partial charge on any atom is -0.459 e. The van der Waals surface area contributed by atoms with Gasteiger partial charge >= 0.3 is 5.97 Å². The molecule has 0 atom stereocenters. The topological polar surface area (TPSA) is 52.3 Å². The van der Waals surface area contributed by atoms with Crippen molar-refractivity contribution in [1.82, 2.24) is 0 Å². The minimum atomic E-state index is -0.537.